The Morgan fingerprint density at radius 2 is 1.85 bits per heavy atom. The number of nitrogens with zero attached hydrogens (tertiary/aromatic N) is 3. The zero-order valence-electron chi connectivity index (χ0n) is 11.0. The molecule has 1 unspecified atom stereocenters. The number of benzene rings is 1. The van der Waals surface area contributed by atoms with Crippen LogP contribution in [0.1, 0.15) is 10.8 Å². The van der Waals surface area contributed by atoms with Crippen molar-refractivity contribution in [3.8, 4) is 0 Å². The lowest BCUT2D eigenvalue weighted by molar-refractivity contribution is 0.682. The molecule has 0 saturated carbocycles. The van der Waals surface area contributed by atoms with E-state index in [4.69, 9.17) is 0 Å². The molecule has 1 atom stereocenters. The first-order valence-electron chi connectivity index (χ1n) is 6.50. The zero-order chi connectivity index (χ0) is 13.6. The van der Waals surface area contributed by atoms with Crippen LogP contribution in [0.3, 0.4) is 0 Å². The molecule has 3 nitrogen and oxygen atoms in total. The fraction of sp³-hybridized carbons (Fsp3) is 0.125. The van der Waals surface area contributed by atoms with Crippen LogP contribution < -0.4 is 0 Å². The molecule has 1 aromatic carbocycles. The highest BCUT2D eigenvalue weighted by atomic mass is 32.2. The molecule has 0 N–H and O–H groups in total. The van der Waals surface area contributed by atoms with E-state index in [9.17, 15) is 0 Å². The summed E-state index contributed by atoms with van der Waals surface area (Å²) in [5.74, 6) is 0. The van der Waals surface area contributed by atoms with E-state index in [0.717, 1.165) is 11.6 Å². The second-order valence-electron chi connectivity index (χ2n) is 4.44. The third-order valence-corrected chi connectivity index (χ3v) is 4.20. The summed E-state index contributed by atoms with van der Waals surface area (Å²) < 4.78 is 2.10. The van der Waals surface area contributed by atoms with Crippen LogP contribution in [0.4, 0.5) is 0 Å². The maximum atomic E-state index is 4.41. The van der Waals surface area contributed by atoms with Gasteiger partial charge < -0.3 is 4.57 Å². The van der Waals surface area contributed by atoms with Gasteiger partial charge in [0, 0.05) is 25.1 Å². The summed E-state index contributed by atoms with van der Waals surface area (Å²) >= 11 is 1.78. The highest BCUT2D eigenvalue weighted by molar-refractivity contribution is 7.99. The number of thioether (sulfide) groups is 1. The van der Waals surface area contributed by atoms with Crippen molar-refractivity contribution >= 4 is 11.8 Å². The summed E-state index contributed by atoms with van der Waals surface area (Å²) in [5.41, 5.74) is 1.30. The molecule has 100 valence electrons. The van der Waals surface area contributed by atoms with E-state index >= 15 is 0 Å². The van der Waals surface area contributed by atoms with Crippen molar-refractivity contribution in [3.63, 3.8) is 0 Å². The van der Waals surface area contributed by atoms with Gasteiger partial charge in [-0.05, 0) is 17.7 Å². The van der Waals surface area contributed by atoms with Gasteiger partial charge >= 0.3 is 0 Å². The summed E-state index contributed by atoms with van der Waals surface area (Å²) in [6.45, 7) is 0.880. The van der Waals surface area contributed by atoms with Crippen LogP contribution in [0, 0.1) is 0 Å². The van der Waals surface area contributed by atoms with Gasteiger partial charge in [-0.2, -0.15) is 0 Å². The Morgan fingerprint density at radius 1 is 1.00 bits per heavy atom. The van der Waals surface area contributed by atoms with Gasteiger partial charge in [0.2, 0.25) is 0 Å². The summed E-state index contributed by atoms with van der Waals surface area (Å²) in [4.78, 5) is 8.53. The molecule has 0 amide bonds. The molecule has 0 aliphatic rings. The Kier molecular flexibility index (Phi) is 4.13. The van der Waals surface area contributed by atoms with Crippen molar-refractivity contribution in [2.75, 3.05) is 0 Å². The van der Waals surface area contributed by atoms with Gasteiger partial charge in [-0.1, -0.05) is 48.2 Å². The largest absolute Gasteiger partial charge is 0.336 e. The van der Waals surface area contributed by atoms with Gasteiger partial charge in [0.1, 0.15) is 0 Å². The summed E-state index contributed by atoms with van der Waals surface area (Å²) in [6.07, 6.45) is 7.50. The first kappa shape index (κ1) is 12.9. The Balaban J connectivity index is 1.83. The minimum absolute atomic E-state index is 0.320. The Bertz CT molecular complexity index is 623. The van der Waals surface area contributed by atoms with E-state index < -0.39 is 0 Å². The van der Waals surface area contributed by atoms with E-state index in [-0.39, 0.29) is 0 Å². The molecule has 0 fully saturated rings. The molecule has 2 heterocycles. The minimum atomic E-state index is 0.320. The van der Waals surface area contributed by atoms with Crippen LogP contribution >= 0.6 is 11.8 Å². The Morgan fingerprint density at radius 3 is 2.55 bits per heavy atom. The van der Waals surface area contributed by atoms with Crippen molar-refractivity contribution in [1.29, 1.82) is 0 Å². The SMILES string of the molecule is c1ccc(C(Cn2ccnc2)Sc2ccccn2)cc1. The molecular weight excluding hydrogens is 266 g/mol. The summed E-state index contributed by atoms with van der Waals surface area (Å²) in [5, 5.41) is 1.36. The fourth-order valence-corrected chi connectivity index (χ4v) is 3.14. The first-order valence-corrected chi connectivity index (χ1v) is 7.38. The van der Waals surface area contributed by atoms with Crippen LogP contribution in [0.15, 0.2) is 78.5 Å². The van der Waals surface area contributed by atoms with Gasteiger partial charge in [-0.15, -0.1) is 0 Å². The van der Waals surface area contributed by atoms with Crippen molar-refractivity contribution in [2.24, 2.45) is 0 Å². The van der Waals surface area contributed by atoms with Gasteiger partial charge in [-0.3, -0.25) is 0 Å². The lowest BCUT2D eigenvalue weighted by Crippen LogP contribution is -2.05. The van der Waals surface area contributed by atoms with Gasteiger partial charge in [-0.25, -0.2) is 9.97 Å². The van der Waals surface area contributed by atoms with E-state index in [0.29, 0.717) is 5.25 Å². The molecule has 0 aliphatic heterocycles. The highest BCUT2D eigenvalue weighted by Gasteiger charge is 2.14. The molecule has 0 bridgehead atoms. The lowest BCUT2D eigenvalue weighted by atomic mass is 10.1. The van der Waals surface area contributed by atoms with E-state index in [2.05, 4.69) is 44.9 Å². The quantitative estimate of drug-likeness (QED) is 0.666. The van der Waals surface area contributed by atoms with Crippen molar-refractivity contribution in [1.82, 2.24) is 14.5 Å². The third-order valence-electron chi connectivity index (χ3n) is 3.01. The molecule has 3 rings (SSSR count). The standard InChI is InChI=1S/C16H15N3S/c1-2-6-14(7-3-1)15(12-19-11-10-17-13-19)20-16-8-4-5-9-18-16/h1-11,13,15H,12H2. The number of aromatic nitrogens is 3. The third kappa shape index (κ3) is 3.27. The molecule has 4 heteroatoms. The molecule has 2 aromatic heterocycles. The normalized spacial score (nSPS) is 12.2. The van der Waals surface area contributed by atoms with Crippen molar-refractivity contribution in [2.45, 2.75) is 16.8 Å². The van der Waals surface area contributed by atoms with Crippen LogP contribution in [0.5, 0.6) is 0 Å². The van der Waals surface area contributed by atoms with Gasteiger partial charge in [0.05, 0.1) is 16.6 Å². The van der Waals surface area contributed by atoms with Crippen molar-refractivity contribution in [3.05, 3.63) is 79.0 Å². The van der Waals surface area contributed by atoms with Crippen LogP contribution in [-0.4, -0.2) is 14.5 Å². The molecule has 0 saturated heterocycles. The molecule has 3 aromatic rings. The van der Waals surface area contributed by atoms with E-state index in [1.54, 1.807) is 11.8 Å². The predicted molar refractivity (Wildman–Crippen MR) is 81.5 cm³/mol. The molecule has 20 heavy (non-hydrogen) atoms. The average Bonchev–Trinajstić information content (AvgIpc) is 3.02. The highest BCUT2D eigenvalue weighted by Crippen LogP contribution is 2.35. The Hall–Kier alpha value is -2.07. The molecule has 0 radical (unpaired) electrons. The molecular formula is C16H15N3S. The van der Waals surface area contributed by atoms with Crippen LogP contribution in [-0.2, 0) is 6.54 Å². The number of pyridine rings is 1. The van der Waals surface area contributed by atoms with Crippen LogP contribution in [0.25, 0.3) is 0 Å². The number of hydrogen-bond donors (Lipinski definition) is 0. The second kappa shape index (κ2) is 6.39. The average molecular weight is 281 g/mol. The number of hydrogen-bond acceptors (Lipinski definition) is 3. The monoisotopic (exact) mass is 281 g/mol. The van der Waals surface area contributed by atoms with Gasteiger partial charge in [0.15, 0.2) is 0 Å². The smallest absolute Gasteiger partial charge is 0.0966 e. The predicted octanol–water partition coefficient (Wildman–Crippen LogP) is 3.81. The van der Waals surface area contributed by atoms with E-state index in [1.165, 1.54) is 5.56 Å². The molecule has 0 aliphatic carbocycles. The van der Waals surface area contributed by atoms with Crippen molar-refractivity contribution < 1.29 is 0 Å². The second-order valence-corrected chi connectivity index (χ2v) is 5.67. The number of imidazole rings is 1. The maximum Gasteiger partial charge on any atom is 0.0966 e. The Labute approximate surface area is 122 Å². The zero-order valence-corrected chi connectivity index (χ0v) is 11.8. The number of rotatable bonds is 5. The topological polar surface area (TPSA) is 30.7 Å². The first-order chi connectivity index (χ1) is 9.92. The fourth-order valence-electron chi connectivity index (χ4n) is 2.03. The molecule has 0 spiro atoms. The lowest BCUT2D eigenvalue weighted by Gasteiger charge is -2.17. The summed E-state index contributed by atoms with van der Waals surface area (Å²) in [7, 11) is 0. The van der Waals surface area contributed by atoms with Crippen LogP contribution in [0.2, 0.25) is 0 Å². The maximum absolute atomic E-state index is 4.41. The minimum Gasteiger partial charge on any atom is -0.336 e. The van der Waals surface area contributed by atoms with E-state index in [1.807, 2.05) is 43.1 Å². The van der Waals surface area contributed by atoms with Gasteiger partial charge in [0.25, 0.3) is 0 Å². The summed E-state index contributed by atoms with van der Waals surface area (Å²) in [6, 6.07) is 16.5.